The minimum atomic E-state index is -0.510. The minimum absolute atomic E-state index is 0.0574. The lowest BCUT2D eigenvalue weighted by molar-refractivity contribution is -0.384. The maximum atomic E-state index is 11.6. The van der Waals surface area contributed by atoms with Crippen molar-refractivity contribution in [2.75, 3.05) is 5.32 Å². The van der Waals surface area contributed by atoms with Gasteiger partial charge in [0.25, 0.3) is 5.69 Å². The van der Waals surface area contributed by atoms with Crippen molar-refractivity contribution in [2.24, 2.45) is 0 Å². The van der Waals surface area contributed by atoms with Crippen LogP contribution >= 0.6 is 15.9 Å². The molecule has 1 aromatic heterocycles. The number of nitrogens with zero attached hydrogens (tertiary/aromatic N) is 1. The van der Waals surface area contributed by atoms with Crippen LogP contribution in [0.3, 0.4) is 0 Å². The number of hydrogen-bond donors (Lipinski definition) is 1. The fourth-order valence-electron chi connectivity index (χ4n) is 2.21. The Balaban J connectivity index is 1.97. The van der Waals surface area contributed by atoms with Gasteiger partial charge in [0.05, 0.1) is 10.6 Å². The molecule has 1 N–H and O–H groups in total. The van der Waals surface area contributed by atoms with E-state index in [4.69, 9.17) is 4.42 Å². The van der Waals surface area contributed by atoms with Crippen LogP contribution in [-0.2, 0) is 6.54 Å². The average molecular weight is 375 g/mol. The molecule has 0 bridgehead atoms. The van der Waals surface area contributed by atoms with Crippen LogP contribution in [0.1, 0.15) is 5.56 Å². The highest BCUT2D eigenvalue weighted by molar-refractivity contribution is 9.10. The Hall–Kier alpha value is -2.67. The zero-order chi connectivity index (χ0) is 16.4. The summed E-state index contributed by atoms with van der Waals surface area (Å²) >= 11 is 3.37. The molecule has 7 heteroatoms. The summed E-state index contributed by atoms with van der Waals surface area (Å²) < 4.78 is 6.06. The predicted molar refractivity (Wildman–Crippen MR) is 90.6 cm³/mol. The van der Waals surface area contributed by atoms with Gasteiger partial charge >= 0.3 is 5.63 Å². The molecule has 0 aliphatic rings. The second kappa shape index (κ2) is 6.21. The van der Waals surface area contributed by atoms with Crippen LogP contribution in [0.2, 0.25) is 0 Å². The van der Waals surface area contributed by atoms with Crippen molar-refractivity contribution in [1.29, 1.82) is 0 Å². The van der Waals surface area contributed by atoms with Gasteiger partial charge in [-0.05, 0) is 23.8 Å². The van der Waals surface area contributed by atoms with Crippen molar-refractivity contribution in [1.82, 2.24) is 0 Å². The Labute approximate surface area is 139 Å². The lowest BCUT2D eigenvalue weighted by Crippen LogP contribution is -2.05. The van der Waals surface area contributed by atoms with E-state index in [0.717, 1.165) is 10.0 Å². The van der Waals surface area contributed by atoms with Crippen molar-refractivity contribution in [3.8, 4) is 0 Å². The molecular weight excluding hydrogens is 364 g/mol. The molecule has 116 valence electrons. The van der Waals surface area contributed by atoms with Crippen LogP contribution in [0.25, 0.3) is 11.0 Å². The first-order valence-electron chi connectivity index (χ1n) is 6.73. The summed E-state index contributed by atoms with van der Waals surface area (Å²) in [6, 6.07) is 13.1. The number of anilines is 1. The SMILES string of the molecule is O=c1cc(NCc2ccc(Br)cc2)c2cc([N+](=O)[O-])ccc2o1. The summed E-state index contributed by atoms with van der Waals surface area (Å²) in [4.78, 5) is 22.1. The number of nitro benzene ring substituents is 1. The molecular formula is C16H11BrN2O4. The number of non-ortho nitro benzene ring substituents is 1. The van der Waals surface area contributed by atoms with E-state index < -0.39 is 10.5 Å². The van der Waals surface area contributed by atoms with Gasteiger partial charge in [-0.2, -0.15) is 0 Å². The van der Waals surface area contributed by atoms with Crippen molar-refractivity contribution >= 4 is 38.3 Å². The normalized spacial score (nSPS) is 10.7. The topological polar surface area (TPSA) is 85.4 Å². The number of rotatable bonds is 4. The van der Waals surface area contributed by atoms with Gasteiger partial charge in [0.1, 0.15) is 5.58 Å². The van der Waals surface area contributed by atoms with E-state index in [9.17, 15) is 14.9 Å². The standard InChI is InChI=1S/C16H11BrN2O4/c17-11-3-1-10(2-4-11)9-18-14-8-16(20)23-15-6-5-12(19(21)22)7-13(14)15/h1-8,18H,9H2. The molecule has 3 aromatic rings. The van der Waals surface area contributed by atoms with E-state index in [1.54, 1.807) is 0 Å². The van der Waals surface area contributed by atoms with E-state index in [1.165, 1.54) is 24.3 Å². The van der Waals surface area contributed by atoms with Crippen LogP contribution in [-0.4, -0.2) is 4.92 Å². The number of halogens is 1. The third-order valence-corrected chi connectivity index (χ3v) is 3.86. The van der Waals surface area contributed by atoms with Gasteiger partial charge in [-0.3, -0.25) is 10.1 Å². The maximum Gasteiger partial charge on any atom is 0.338 e. The van der Waals surface area contributed by atoms with E-state index in [-0.39, 0.29) is 5.69 Å². The fraction of sp³-hybridized carbons (Fsp3) is 0.0625. The van der Waals surface area contributed by atoms with Gasteiger partial charge in [-0.25, -0.2) is 4.79 Å². The predicted octanol–water partition coefficient (Wildman–Crippen LogP) is 4.08. The van der Waals surface area contributed by atoms with Gasteiger partial charge in [-0.15, -0.1) is 0 Å². The number of fused-ring (bicyclic) bond motifs is 1. The van der Waals surface area contributed by atoms with Crippen molar-refractivity contribution < 1.29 is 9.34 Å². The monoisotopic (exact) mass is 374 g/mol. The van der Waals surface area contributed by atoms with Crippen LogP contribution in [0.15, 0.2) is 62.2 Å². The molecule has 0 aliphatic heterocycles. The highest BCUT2D eigenvalue weighted by Gasteiger charge is 2.11. The molecule has 0 atom stereocenters. The highest BCUT2D eigenvalue weighted by Crippen LogP contribution is 2.26. The second-order valence-electron chi connectivity index (χ2n) is 4.90. The summed E-state index contributed by atoms with van der Waals surface area (Å²) in [5, 5.41) is 14.6. The molecule has 0 fully saturated rings. The Morgan fingerprint density at radius 1 is 1.13 bits per heavy atom. The first-order valence-corrected chi connectivity index (χ1v) is 7.53. The van der Waals surface area contributed by atoms with Crippen molar-refractivity contribution in [2.45, 2.75) is 6.54 Å². The fourth-order valence-corrected chi connectivity index (χ4v) is 2.47. The Kier molecular flexibility index (Phi) is 4.12. The molecule has 0 spiro atoms. The first-order chi connectivity index (χ1) is 11.0. The smallest absolute Gasteiger partial charge is 0.338 e. The van der Waals surface area contributed by atoms with E-state index >= 15 is 0 Å². The van der Waals surface area contributed by atoms with Crippen molar-refractivity contribution in [3.05, 3.63) is 79.1 Å². The molecule has 2 aromatic carbocycles. The van der Waals surface area contributed by atoms with Gasteiger partial charge in [0.2, 0.25) is 0 Å². The minimum Gasteiger partial charge on any atom is -0.423 e. The second-order valence-corrected chi connectivity index (χ2v) is 5.81. The lowest BCUT2D eigenvalue weighted by atomic mass is 10.1. The van der Waals surface area contributed by atoms with Gasteiger partial charge in [0.15, 0.2) is 0 Å². The first kappa shape index (κ1) is 15.2. The van der Waals surface area contributed by atoms with Crippen LogP contribution in [0, 0.1) is 10.1 Å². The van der Waals surface area contributed by atoms with E-state index in [1.807, 2.05) is 24.3 Å². The Morgan fingerprint density at radius 2 is 1.87 bits per heavy atom. The summed E-state index contributed by atoms with van der Waals surface area (Å²) in [6.45, 7) is 0.481. The molecule has 0 saturated heterocycles. The average Bonchev–Trinajstić information content (AvgIpc) is 2.53. The Morgan fingerprint density at radius 3 is 2.57 bits per heavy atom. The number of hydrogen-bond acceptors (Lipinski definition) is 5. The number of nitrogens with one attached hydrogen (secondary N) is 1. The van der Waals surface area contributed by atoms with Crippen LogP contribution < -0.4 is 10.9 Å². The molecule has 0 radical (unpaired) electrons. The molecule has 3 rings (SSSR count). The third-order valence-electron chi connectivity index (χ3n) is 3.33. The largest absolute Gasteiger partial charge is 0.423 e. The summed E-state index contributed by atoms with van der Waals surface area (Å²) in [5.74, 6) is 0. The molecule has 0 unspecified atom stereocenters. The maximum absolute atomic E-state index is 11.6. The van der Waals surface area contributed by atoms with Crippen molar-refractivity contribution in [3.63, 3.8) is 0 Å². The zero-order valence-electron chi connectivity index (χ0n) is 11.8. The van der Waals surface area contributed by atoms with E-state index in [2.05, 4.69) is 21.2 Å². The molecule has 0 amide bonds. The summed E-state index contributed by atoms with van der Waals surface area (Å²) in [5.41, 5.74) is 1.26. The highest BCUT2D eigenvalue weighted by atomic mass is 79.9. The zero-order valence-corrected chi connectivity index (χ0v) is 13.4. The number of benzene rings is 2. The molecule has 0 saturated carbocycles. The van der Waals surface area contributed by atoms with Crippen LogP contribution in [0.5, 0.6) is 0 Å². The summed E-state index contributed by atoms with van der Waals surface area (Å²) in [7, 11) is 0. The molecule has 1 heterocycles. The molecule has 6 nitrogen and oxygen atoms in total. The lowest BCUT2D eigenvalue weighted by Gasteiger charge is -2.09. The van der Waals surface area contributed by atoms with Gasteiger partial charge < -0.3 is 9.73 Å². The van der Waals surface area contributed by atoms with Gasteiger partial charge in [0, 0.05) is 34.6 Å². The van der Waals surface area contributed by atoms with E-state index in [0.29, 0.717) is 23.2 Å². The molecule has 0 aliphatic carbocycles. The van der Waals surface area contributed by atoms with Gasteiger partial charge in [-0.1, -0.05) is 28.1 Å². The molecule has 23 heavy (non-hydrogen) atoms. The Bertz CT molecular complexity index is 935. The quantitative estimate of drug-likeness (QED) is 0.422. The third kappa shape index (κ3) is 3.40. The number of nitro groups is 1. The van der Waals surface area contributed by atoms with Crippen LogP contribution in [0.4, 0.5) is 11.4 Å². The summed E-state index contributed by atoms with van der Waals surface area (Å²) in [6.07, 6.45) is 0.